The van der Waals surface area contributed by atoms with Gasteiger partial charge in [-0.3, -0.25) is 9.59 Å². The van der Waals surface area contributed by atoms with Crippen LogP contribution in [0.1, 0.15) is 42.7 Å². The van der Waals surface area contributed by atoms with E-state index in [1.165, 1.54) is 4.90 Å². The van der Waals surface area contributed by atoms with Gasteiger partial charge in [0.1, 0.15) is 12.6 Å². The van der Waals surface area contributed by atoms with Gasteiger partial charge in [-0.05, 0) is 41.5 Å². The van der Waals surface area contributed by atoms with Crippen molar-refractivity contribution in [2.45, 2.75) is 37.6 Å². The number of carbonyl (C=O) groups is 3. The summed E-state index contributed by atoms with van der Waals surface area (Å²) in [7, 11) is 1.64. The van der Waals surface area contributed by atoms with Crippen LogP contribution in [-0.4, -0.2) is 54.2 Å². The molecule has 0 heterocycles. The molecule has 0 radical (unpaired) electrons. The minimum atomic E-state index is -0.856. The van der Waals surface area contributed by atoms with Gasteiger partial charge in [-0.15, -0.1) is 6.58 Å². The molecule has 2 aromatic carbocycles. The number of amides is 2. The number of rotatable bonds is 11. The van der Waals surface area contributed by atoms with E-state index in [2.05, 4.69) is 24.0 Å². The van der Waals surface area contributed by atoms with Gasteiger partial charge < -0.3 is 20.1 Å². The second-order valence-electron chi connectivity index (χ2n) is 8.16. The number of aliphatic carboxylic acids is 1. The summed E-state index contributed by atoms with van der Waals surface area (Å²) in [6.07, 6.45) is 2.30. The molecule has 1 aliphatic rings. The van der Waals surface area contributed by atoms with E-state index in [-0.39, 0.29) is 31.3 Å². The standard InChI is InChI=1S/C26H30N2O5/c1-3-10-23(25(31)28(2)16-9-8-15-24(29)30)27-26(32)33-17-22-20-13-6-4-11-18(20)19-12-5-7-14-21(19)22/h3-7,11-14,22-23H,1,8-10,15-17H2,2H3,(H,27,32)(H,29,30). The molecule has 2 amide bonds. The van der Waals surface area contributed by atoms with Crippen LogP contribution in [0.15, 0.2) is 61.2 Å². The number of ether oxygens (including phenoxy) is 1. The summed E-state index contributed by atoms with van der Waals surface area (Å²) < 4.78 is 5.55. The van der Waals surface area contributed by atoms with E-state index >= 15 is 0 Å². The van der Waals surface area contributed by atoms with Crippen LogP contribution in [0.2, 0.25) is 0 Å². The van der Waals surface area contributed by atoms with Crippen molar-refractivity contribution in [3.05, 3.63) is 72.3 Å². The van der Waals surface area contributed by atoms with Crippen LogP contribution in [0.5, 0.6) is 0 Å². The van der Waals surface area contributed by atoms with Crippen molar-refractivity contribution in [1.82, 2.24) is 10.2 Å². The Morgan fingerprint density at radius 3 is 2.27 bits per heavy atom. The molecule has 0 aliphatic heterocycles. The SMILES string of the molecule is C=CCC(NC(=O)OCC1c2ccccc2-c2ccccc21)C(=O)N(C)CCCCC(=O)O. The molecule has 2 aromatic rings. The van der Waals surface area contributed by atoms with Crippen LogP contribution < -0.4 is 5.32 Å². The third kappa shape index (κ3) is 6.00. The molecule has 1 unspecified atom stereocenters. The van der Waals surface area contributed by atoms with Gasteiger partial charge in [-0.1, -0.05) is 54.6 Å². The van der Waals surface area contributed by atoms with Gasteiger partial charge in [-0.25, -0.2) is 4.79 Å². The van der Waals surface area contributed by atoms with Crippen molar-refractivity contribution in [1.29, 1.82) is 0 Å². The summed E-state index contributed by atoms with van der Waals surface area (Å²) in [4.78, 5) is 37.5. The summed E-state index contributed by atoms with van der Waals surface area (Å²) in [5.41, 5.74) is 4.52. The Kier molecular flexibility index (Phi) is 8.24. The number of alkyl carbamates (subject to hydrolysis) is 1. The molecule has 7 nitrogen and oxygen atoms in total. The molecule has 2 N–H and O–H groups in total. The van der Waals surface area contributed by atoms with E-state index in [1.807, 2.05) is 36.4 Å². The first-order chi connectivity index (χ1) is 15.9. The Hall–Kier alpha value is -3.61. The highest BCUT2D eigenvalue weighted by Crippen LogP contribution is 2.44. The predicted octanol–water partition coefficient (Wildman–Crippen LogP) is 4.18. The Morgan fingerprint density at radius 1 is 1.09 bits per heavy atom. The molecule has 1 aliphatic carbocycles. The summed E-state index contributed by atoms with van der Waals surface area (Å²) in [5.74, 6) is -1.18. The number of likely N-dealkylation sites (N-methyl/N-ethyl adjacent to an activating group) is 1. The van der Waals surface area contributed by atoms with Gasteiger partial charge >= 0.3 is 12.1 Å². The summed E-state index contributed by atoms with van der Waals surface area (Å²) >= 11 is 0. The Balaban J connectivity index is 1.57. The van der Waals surface area contributed by atoms with Crippen molar-refractivity contribution in [3.8, 4) is 11.1 Å². The molecule has 0 saturated heterocycles. The second kappa shape index (κ2) is 11.3. The highest BCUT2D eigenvalue weighted by molar-refractivity contribution is 5.86. The lowest BCUT2D eigenvalue weighted by Crippen LogP contribution is -2.47. The molecule has 0 saturated carbocycles. The molecule has 3 rings (SSSR count). The fraction of sp³-hybridized carbons (Fsp3) is 0.346. The first-order valence-corrected chi connectivity index (χ1v) is 11.1. The van der Waals surface area contributed by atoms with Gasteiger partial charge in [0.2, 0.25) is 5.91 Å². The van der Waals surface area contributed by atoms with E-state index in [0.717, 1.165) is 22.3 Å². The molecule has 33 heavy (non-hydrogen) atoms. The predicted molar refractivity (Wildman–Crippen MR) is 126 cm³/mol. The van der Waals surface area contributed by atoms with Gasteiger partial charge in [0.05, 0.1) is 0 Å². The van der Waals surface area contributed by atoms with Gasteiger partial charge in [0, 0.05) is 25.9 Å². The number of carboxylic acid groups (broad SMARTS) is 1. The summed E-state index contributed by atoms with van der Waals surface area (Å²) in [6, 6.07) is 15.4. The number of carboxylic acids is 1. The summed E-state index contributed by atoms with van der Waals surface area (Å²) in [6.45, 7) is 4.25. The maximum Gasteiger partial charge on any atom is 0.407 e. The monoisotopic (exact) mass is 450 g/mol. The van der Waals surface area contributed by atoms with E-state index in [9.17, 15) is 14.4 Å². The van der Waals surface area contributed by atoms with Crippen LogP contribution in [0.3, 0.4) is 0 Å². The number of nitrogens with one attached hydrogen (secondary N) is 1. The third-order valence-corrected chi connectivity index (χ3v) is 5.85. The first kappa shape index (κ1) is 24.0. The zero-order valence-electron chi connectivity index (χ0n) is 18.8. The number of benzene rings is 2. The third-order valence-electron chi connectivity index (χ3n) is 5.85. The number of hydrogen-bond donors (Lipinski definition) is 2. The average molecular weight is 451 g/mol. The Bertz CT molecular complexity index is 974. The first-order valence-electron chi connectivity index (χ1n) is 11.1. The number of carbonyl (C=O) groups excluding carboxylic acids is 2. The molecule has 0 fully saturated rings. The topological polar surface area (TPSA) is 95.9 Å². The van der Waals surface area contributed by atoms with Gasteiger partial charge in [0.15, 0.2) is 0 Å². The fourth-order valence-corrected chi connectivity index (χ4v) is 4.17. The largest absolute Gasteiger partial charge is 0.481 e. The zero-order valence-corrected chi connectivity index (χ0v) is 18.8. The molecule has 7 heteroatoms. The zero-order chi connectivity index (χ0) is 23.8. The van der Waals surface area contributed by atoms with E-state index < -0.39 is 18.1 Å². The summed E-state index contributed by atoms with van der Waals surface area (Å²) in [5, 5.41) is 11.4. The van der Waals surface area contributed by atoms with E-state index in [1.54, 1.807) is 13.1 Å². The molecule has 0 spiro atoms. The molecule has 0 aromatic heterocycles. The maximum atomic E-state index is 12.8. The van der Waals surface area contributed by atoms with Crippen LogP contribution in [-0.2, 0) is 14.3 Å². The highest BCUT2D eigenvalue weighted by Gasteiger charge is 2.30. The van der Waals surface area contributed by atoms with Crippen molar-refractivity contribution in [2.24, 2.45) is 0 Å². The number of nitrogens with zero attached hydrogens (tertiary/aromatic N) is 1. The highest BCUT2D eigenvalue weighted by atomic mass is 16.5. The molecular formula is C26H30N2O5. The Morgan fingerprint density at radius 2 is 1.70 bits per heavy atom. The molecule has 1 atom stereocenters. The maximum absolute atomic E-state index is 12.8. The minimum Gasteiger partial charge on any atom is -0.481 e. The molecular weight excluding hydrogens is 420 g/mol. The van der Waals surface area contributed by atoms with E-state index in [0.29, 0.717) is 19.4 Å². The number of hydrogen-bond acceptors (Lipinski definition) is 4. The van der Waals surface area contributed by atoms with Crippen molar-refractivity contribution in [2.75, 3.05) is 20.2 Å². The van der Waals surface area contributed by atoms with Gasteiger partial charge in [0.25, 0.3) is 0 Å². The quantitative estimate of drug-likeness (QED) is 0.395. The van der Waals surface area contributed by atoms with Crippen molar-refractivity contribution in [3.63, 3.8) is 0 Å². The fourth-order valence-electron chi connectivity index (χ4n) is 4.17. The van der Waals surface area contributed by atoms with Crippen LogP contribution in [0.4, 0.5) is 4.79 Å². The van der Waals surface area contributed by atoms with Gasteiger partial charge in [-0.2, -0.15) is 0 Å². The normalized spacial score (nSPS) is 12.9. The Labute approximate surface area is 194 Å². The van der Waals surface area contributed by atoms with Crippen LogP contribution in [0.25, 0.3) is 11.1 Å². The second-order valence-corrected chi connectivity index (χ2v) is 8.16. The lowest BCUT2D eigenvalue weighted by molar-refractivity contribution is -0.137. The van der Waals surface area contributed by atoms with E-state index in [4.69, 9.17) is 9.84 Å². The smallest absolute Gasteiger partial charge is 0.407 e. The minimum absolute atomic E-state index is 0.0615. The van der Waals surface area contributed by atoms with Crippen LogP contribution in [0, 0.1) is 0 Å². The molecule has 174 valence electrons. The lowest BCUT2D eigenvalue weighted by atomic mass is 9.98. The van der Waals surface area contributed by atoms with Crippen molar-refractivity contribution < 1.29 is 24.2 Å². The van der Waals surface area contributed by atoms with Crippen molar-refractivity contribution >= 4 is 18.0 Å². The van der Waals surface area contributed by atoms with Crippen LogP contribution >= 0.6 is 0 Å². The molecule has 0 bridgehead atoms. The lowest BCUT2D eigenvalue weighted by Gasteiger charge is -2.24. The number of fused-ring (bicyclic) bond motifs is 3. The number of unbranched alkanes of at least 4 members (excludes halogenated alkanes) is 1. The average Bonchev–Trinajstić information content (AvgIpc) is 3.13.